The summed E-state index contributed by atoms with van der Waals surface area (Å²) in [6.07, 6.45) is 2.66. The van der Waals surface area contributed by atoms with Crippen molar-refractivity contribution >= 4 is 5.91 Å². The highest BCUT2D eigenvalue weighted by atomic mass is 16.5. The van der Waals surface area contributed by atoms with E-state index in [1.807, 2.05) is 42.7 Å². The standard InChI is InChI=1S/C23H34N4O2/c1-15(7-8-18-9-11-20(29-6)12-10-18)24-14-19-13-21(28)26(4)23(19)22-16(2)25-27(5)17(22)3/h9-12,15,19,23-24H,7-8,13-14H2,1-6H3/t15-,19+,23-/m1/s1. The average molecular weight is 399 g/mol. The maximum Gasteiger partial charge on any atom is 0.223 e. The summed E-state index contributed by atoms with van der Waals surface area (Å²) in [5.41, 5.74) is 4.69. The number of carbonyl (C=O) groups excluding carboxylic acids is 1. The van der Waals surface area contributed by atoms with Gasteiger partial charge in [0.05, 0.1) is 18.8 Å². The molecule has 1 amide bonds. The first-order valence-corrected chi connectivity index (χ1v) is 10.4. The summed E-state index contributed by atoms with van der Waals surface area (Å²) in [6.45, 7) is 7.19. The number of ether oxygens (including phenoxy) is 1. The van der Waals surface area contributed by atoms with Crippen LogP contribution in [-0.4, -0.2) is 47.3 Å². The van der Waals surface area contributed by atoms with Gasteiger partial charge in [-0.1, -0.05) is 12.1 Å². The van der Waals surface area contributed by atoms with Gasteiger partial charge in [0.25, 0.3) is 0 Å². The zero-order valence-corrected chi connectivity index (χ0v) is 18.5. The first kappa shape index (κ1) is 21.4. The second-order valence-corrected chi connectivity index (χ2v) is 8.32. The molecule has 0 aliphatic carbocycles. The second kappa shape index (κ2) is 8.99. The van der Waals surface area contributed by atoms with E-state index in [1.54, 1.807) is 7.11 Å². The lowest BCUT2D eigenvalue weighted by Crippen LogP contribution is -2.34. The van der Waals surface area contributed by atoms with Crippen molar-refractivity contribution in [3.05, 3.63) is 46.8 Å². The molecular weight excluding hydrogens is 364 g/mol. The van der Waals surface area contributed by atoms with Crippen molar-refractivity contribution < 1.29 is 9.53 Å². The van der Waals surface area contributed by atoms with Gasteiger partial charge < -0.3 is 15.0 Å². The Kier molecular flexibility index (Phi) is 6.63. The molecule has 0 radical (unpaired) electrons. The third-order valence-electron chi connectivity index (χ3n) is 6.31. The average Bonchev–Trinajstić information content (AvgIpc) is 3.12. The van der Waals surface area contributed by atoms with Crippen molar-refractivity contribution in [1.82, 2.24) is 20.0 Å². The fourth-order valence-electron chi connectivity index (χ4n) is 4.41. The van der Waals surface area contributed by atoms with E-state index in [1.165, 1.54) is 11.1 Å². The van der Waals surface area contributed by atoms with Gasteiger partial charge in [-0.3, -0.25) is 9.48 Å². The molecule has 158 valence electrons. The predicted octanol–water partition coefficient (Wildman–Crippen LogP) is 3.18. The van der Waals surface area contributed by atoms with Crippen LogP contribution in [0.2, 0.25) is 0 Å². The number of nitrogens with one attached hydrogen (secondary N) is 1. The molecule has 6 nitrogen and oxygen atoms in total. The van der Waals surface area contributed by atoms with Gasteiger partial charge in [0.2, 0.25) is 5.91 Å². The summed E-state index contributed by atoms with van der Waals surface area (Å²) in [4.78, 5) is 14.4. The molecule has 1 saturated heterocycles. The van der Waals surface area contributed by atoms with Gasteiger partial charge in [0, 0.05) is 50.3 Å². The SMILES string of the molecule is COc1ccc(CC[C@@H](C)NC[C@@H]2CC(=O)N(C)[C@H]2c2c(C)nn(C)c2C)cc1. The largest absolute Gasteiger partial charge is 0.497 e. The lowest BCUT2D eigenvalue weighted by molar-refractivity contribution is -0.127. The quantitative estimate of drug-likeness (QED) is 0.742. The predicted molar refractivity (Wildman–Crippen MR) is 115 cm³/mol. The second-order valence-electron chi connectivity index (χ2n) is 8.32. The normalized spacial score (nSPS) is 20.3. The zero-order valence-electron chi connectivity index (χ0n) is 18.5. The topological polar surface area (TPSA) is 59.4 Å². The highest BCUT2D eigenvalue weighted by molar-refractivity contribution is 5.79. The fourth-order valence-corrected chi connectivity index (χ4v) is 4.41. The Balaban J connectivity index is 1.59. The van der Waals surface area contributed by atoms with Crippen LogP contribution in [0, 0.1) is 19.8 Å². The van der Waals surface area contributed by atoms with Crippen molar-refractivity contribution in [3.63, 3.8) is 0 Å². The molecule has 1 aromatic heterocycles. The number of likely N-dealkylation sites (tertiary alicyclic amines) is 1. The van der Waals surface area contributed by atoms with E-state index < -0.39 is 0 Å². The zero-order chi connectivity index (χ0) is 21.1. The number of aryl methyl sites for hydroxylation is 3. The monoisotopic (exact) mass is 398 g/mol. The Labute approximate surface area is 174 Å². The Hall–Kier alpha value is -2.34. The van der Waals surface area contributed by atoms with E-state index in [2.05, 4.69) is 36.4 Å². The number of aromatic nitrogens is 2. The number of nitrogens with zero attached hydrogens (tertiary/aromatic N) is 3. The lowest BCUT2D eigenvalue weighted by atomic mass is 9.92. The Morgan fingerprint density at radius 3 is 2.52 bits per heavy atom. The molecule has 0 saturated carbocycles. The maximum atomic E-state index is 12.5. The minimum atomic E-state index is 0.0949. The molecule has 2 aromatic rings. The van der Waals surface area contributed by atoms with Crippen molar-refractivity contribution in [1.29, 1.82) is 0 Å². The van der Waals surface area contributed by atoms with E-state index in [0.29, 0.717) is 12.5 Å². The maximum absolute atomic E-state index is 12.5. The van der Waals surface area contributed by atoms with E-state index in [-0.39, 0.29) is 17.9 Å². The van der Waals surface area contributed by atoms with E-state index in [0.717, 1.165) is 36.5 Å². The smallest absolute Gasteiger partial charge is 0.223 e. The van der Waals surface area contributed by atoms with Crippen LogP contribution in [0.5, 0.6) is 5.75 Å². The molecule has 3 rings (SSSR count). The van der Waals surface area contributed by atoms with Crippen molar-refractivity contribution in [2.45, 2.75) is 52.1 Å². The Morgan fingerprint density at radius 1 is 1.24 bits per heavy atom. The molecule has 2 heterocycles. The van der Waals surface area contributed by atoms with Crippen molar-refractivity contribution in [2.75, 3.05) is 20.7 Å². The highest BCUT2D eigenvalue weighted by Crippen LogP contribution is 2.39. The van der Waals surface area contributed by atoms with Crippen LogP contribution in [0.4, 0.5) is 0 Å². The van der Waals surface area contributed by atoms with Gasteiger partial charge in [-0.05, 0) is 51.3 Å². The van der Waals surface area contributed by atoms with E-state index >= 15 is 0 Å². The van der Waals surface area contributed by atoms with Crippen LogP contribution in [0.1, 0.15) is 48.3 Å². The van der Waals surface area contributed by atoms with E-state index in [4.69, 9.17) is 4.74 Å². The highest BCUT2D eigenvalue weighted by Gasteiger charge is 2.40. The Morgan fingerprint density at radius 2 is 1.93 bits per heavy atom. The van der Waals surface area contributed by atoms with Gasteiger partial charge in [-0.2, -0.15) is 5.10 Å². The first-order chi connectivity index (χ1) is 13.8. The third kappa shape index (κ3) is 4.64. The number of amides is 1. The molecule has 0 spiro atoms. The number of benzene rings is 1. The Bertz CT molecular complexity index is 843. The molecule has 29 heavy (non-hydrogen) atoms. The molecule has 3 atom stereocenters. The number of rotatable bonds is 8. The van der Waals surface area contributed by atoms with Crippen LogP contribution in [0.3, 0.4) is 0 Å². The van der Waals surface area contributed by atoms with Gasteiger partial charge in [0.15, 0.2) is 0 Å². The molecule has 1 N–H and O–H groups in total. The first-order valence-electron chi connectivity index (χ1n) is 10.4. The molecule has 6 heteroatoms. The summed E-state index contributed by atoms with van der Waals surface area (Å²) < 4.78 is 7.14. The molecule has 1 fully saturated rings. The summed E-state index contributed by atoms with van der Waals surface area (Å²) in [6, 6.07) is 8.75. The van der Waals surface area contributed by atoms with Crippen LogP contribution in [0.25, 0.3) is 0 Å². The third-order valence-corrected chi connectivity index (χ3v) is 6.31. The molecule has 1 aliphatic rings. The minimum absolute atomic E-state index is 0.0949. The van der Waals surface area contributed by atoms with Gasteiger partial charge >= 0.3 is 0 Å². The molecule has 1 aliphatic heterocycles. The number of methoxy groups -OCH3 is 1. The van der Waals surface area contributed by atoms with Crippen molar-refractivity contribution in [3.8, 4) is 5.75 Å². The number of carbonyl (C=O) groups is 1. The number of hydrogen-bond acceptors (Lipinski definition) is 4. The fraction of sp³-hybridized carbons (Fsp3) is 0.565. The summed E-state index contributed by atoms with van der Waals surface area (Å²) >= 11 is 0. The molecule has 0 bridgehead atoms. The summed E-state index contributed by atoms with van der Waals surface area (Å²) in [7, 11) is 5.58. The number of hydrogen-bond donors (Lipinski definition) is 1. The molecular formula is C23H34N4O2. The van der Waals surface area contributed by atoms with Gasteiger partial charge in [0.1, 0.15) is 5.75 Å². The van der Waals surface area contributed by atoms with Crippen molar-refractivity contribution in [2.24, 2.45) is 13.0 Å². The summed E-state index contributed by atoms with van der Waals surface area (Å²) in [5.74, 6) is 1.37. The minimum Gasteiger partial charge on any atom is -0.497 e. The van der Waals surface area contributed by atoms with E-state index in [9.17, 15) is 4.79 Å². The molecule has 0 unspecified atom stereocenters. The van der Waals surface area contributed by atoms with Crippen LogP contribution >= 0.6 is 0 Å². The van der Waals surface area contributed by atoms with Gasteiger partial charge in [-0.15, -0.1) is 0 Å². The lowest BCUT2D eigenvalue weighted by Gasteiger charge is -2.27. The van der Waals surface area contributed by atoms with Gasteiger partial charge in [-0.25, -0.2) is 0 Å². The summed E-state index contributed by atoms with van der Waals surface area (Å²) in [5, 5.41) is 8.24. The van der Waals surface area contributed by atoms with Crippen LogP contribution in [0.15, 0.2) is 24.3 Å². The van der Waals surface area contributed by atoms with Crippen LogP contribution < -0.4 is 10.1 Å². The van der Waals surface area contributed by atoms with Crippen LogP contribution in [-0.2, 0) is 18.3 Å². The molecule has 1 aromatic carbocycles.